The molecular weight excluding hydrogens is 314 g/mol. The van der Waals surface area contributed by atoms with E-state index in [2.05, 4.69) is 5.32 Å². The minimum atomic E-state index is -0.653. The fraction of sp³-hybridized carbons (Fsp3) is 0.611. The summed E-state index contributed by atoms with van der Waals surface area (Å²) in [5, 5.41) is 13.5. The zero-order valence-corrected chi connectivity index (χ0v) is 14.0. The van der Waals surface area contributed by atoms with Gasteiger partial charge in [0.15, 0.2) is 0 Å². The molecule has 0 radical (unpaired) electrons. The van der Waals surface area contributed by atoms with E-state index in [1.54, 1.807) is 0 Å². The van der Waals surface area contributed by atoms with Gasteiger partial charge >= 0.3 is 0 Å². The number of nitrogens with one attached hydrogen (secondary N) is 1. The van der Waals surface area contributed by atoms with Gasteiger partial charge in [0, 0.05) is 18.2 Å². The predicted octanol–water partition coefficient (Wildman–Crippen LogP) is 2.67. The molecule has 5 heteroatoms. The van der Waals surface area contributed by atoms with Gasteiger partial charge < -0.3 is 15.2 Å². The summed E-state index contributed by atoms with van der Waals surface area (Å²) < 4.78 is 5.46. The van der Waals surface area contributed by atoms with Gasteiger partial charge in [0.1, 0.15) is 0 Å². The summed E-state index contributed by atoms with van der Waals surface area (Å²) in [6, 6.07) is 7.50. The lowest BCUT2D eigenvalue weighted by Gasteiger charge is -2.41. The number of hydrogen-bond donors (Lipinski definition) is 2. The molecule has 1 amide bonds. The second-order valence-corrected chi connectivity index (χ2v) is 7.22. The molecule has 2 saturated carbocycles. The number of aliphatic hydroxyl groups is 1. The van der Waals surface area contributed by atoms with Gasteiger partial charge in [0.05, 0.1) is 18.1 Å². The minimum absolute atomic E-state index is 0.00712. The molecule has 0 bridgehead atoms. The molecule has 1 aromatic carbocycles. The van der Waals surface area contributed by atoms with Crippen molar-refractivity contribution >= 4 is 17.5 Å². The maximum absolute atomic E-state index is 12.6. The van der Waals surface area contributed by atoms with Crippen LogP contribution in [-0.4, -0.2) is 36.9 Å². The number of ether oxygens (including phenoxy) is 1. The van der Waals surface area contributed by atoms with Crippen molar-refractivity contribution in [1.82, 2.24) is 5.32 Å². The highest BCUT2D eigenvalue weighted by molar-refractivity contribution is 6.30. The zero-order chi connectivity index (χ0) is 16.3. The zero-order valence-electron chi connectivity index (χ0n) is 13.3. The molecule has 0 aromatic heterocycles. The third-order valence-electron chi connectivity index (χ3n) is 4.90. The third-order valence-corrected chi connectivity index (χ3v) is 5.15. The molecule has 2 aliphatic carbocycles. The molecule has 0 heterocycles. The summed E-state index contributed by atoms with van der Waals surface area (Å²) in [5.74, 6) is 0.673. The Hall–Kier alpha value is -1.10. The monoisotopic (exact) mass is 337 g/mol. The van der Waals surface area contributed by atoms with Crippen LogP contribution in [0.3, 0.4) is 0 Å². The highest BCUT2D eigenvalue weighted by atomic mass is 35.5. The van der Waals surface area contributed by atoms with Crippen LogP contribution in [0.15, 0.2) is 24.3 Å². The molecule has 0 aliphatic heterocycles. The van der Waals surface area contributed by atoms with Gasteiger partial charge in [-0.1, -0.05) is 30.2 Å². The molecule has 4 nitrogen and oxygen atoms in total. The van der Waals surface area contributed by atoms with Gasteiger partial charge in [-0.25, -0.2) is 0 Å². The van der Waals surface area contributed by atoms with Crippen LogP contribution >= 0.6 is 11.6 Å². The number of hydrogen-bond acceptors (Lipinski definition) is 3. The molecule has 23 heavy (non-hydrogen) atoms. The van der Waals surface area contributed by atoms with Crippen molar-refractivity contribution in [2.75, 3.05) is 19.8 Å². The lowest BCUT2D eigenvalue weighted by molar-refractivity contribution is -0.130. The SMILES string of the molecule is O=C(NCC(O)COCC1CC1)C1(c2ccc(Cl)cc2)CCC1. The van der Waals surface area contributed by atoms with Crippen LogP contribution in [0.25, 0.3) is 0 Å². The second-order valence-electron chi connectivity index (χ2n) is 6.79. The highest BCUT2D eigenvalue weighted by Gasteiger charge is 2.45. The first-order valence-corrected chi connectivity index (χ1v) is 8.78. The van der Waals surface area contributed by atoms with Crippen LogP contribution < -0.4 is 5.32 Å². The van der Waals surface area contributed by atoms with E-state index < -0.39 is 11.5 Å². The van der Waals surface area contributed by atoms with Gasteiger partial charge in [-0.15, -0.1) is 0 Å². The number of benzene rings is 1. The van der Waals surface area contributed by atoms with Crippen LogP contribution in [0.5, 0.6) is 0 Å². The van der Waals surface area contributed by atoms with Crippen LogP contribution in [0.4, 0.5) is 0 Å². The van der Waals surface area contributed by atoms with Crippen molar-refractivity contribution in [3.63, 3.8) is 0 Å². The van der Waals surface area contributed by atoms with Crippen LogP contribution in [0.1, 0.15) is 37.7 Å². The van der Waals surface area contributed by atoms with Crippen molar-refractivity contribution in [3.05, 3.63) is 34.9 Å². The molecule has 2 N–H and O–H groups in total. The third kappa shape index (κ3) is 4.06. The van der Waals surface area contributed by atoms with Crippen LogP contribution in [-0.2, 0) is 14.9 Å². The lowest BCUT2D eigenvalue weighted by atomic mass is 9.64. The second kappa shape index (κ2) is 7.20. The molecule has 1 aromatic rings. The van der Waals surface area contributed by atoms with Gasteiger partial charge in [-0.3, -0.25) is 4.79 Å². The van der Waals surface area contributed by atoms with Gasteiger partial charge in [-0.2, -0.15) is 0 Å². The summed E-state index contributed by atoms with van der Waals surface area (Å²) in [7, 11) is 0. The first-order valence-electron chi connectivity index (χ1n) is 8.40. The maximum Gasteiger partial charge on any atom is 0.230 e. The van der Waals surface area contributed by atoms with Gasteiger partial charge in [0.2, 0.25) is 5.91 Å². The molecule has 1 unspecified atom stereocenters. The summed E-state index contributed by atoms with van der Waals surface area (Å²) in [6.07, 6.45) is 4.54. The Bertz CT molecular complexity index is 538. The Morgan fingerprint density at radius 1 is 1.35 bits per heavy atom. The fourth-order valence-electron chi connectivity index (χ4n) is 3.04. The van der Waals surface area contributed by atoms with Crippen molar-refractivity contribution < 1.29 is 14.6 Å². The van der Waals surface area contributed by atoms with E-state index in [1.807, 2.05) is 24.3 Å². The Labute approximate surface area is 142 Å². The smallest absolute Gasteiger partial charge is 0.230 e. The van der Waals surface area contributed by atoms with Crippen LogP contribution in [0.2, 0.25) is 5.02 Å². The molecule has 126 valence electrons. The van der Waals surface area contributed by atoms with Crippen molar-refractivity contribution in [3.8, 4) is 0 Å². The number of carbonyl (C=O) groups is 1. The van der Waals surface area contributed by atoms with E-state index in [0.717, 1.165) is 31.4 Å². The van der Waals surface area contributed by atoms with E-state index >= 15 is 0 Å². The molecule has 3 rings (SSSR count). The number of rotatable bonds is 8. The average Bonchev–Trinajstić information content (AvgIpc) is 3.30. The molecular formula is C18H24ClNO3. The first kappa shape index (κ1) is 16.7. The molecule has 0 saturated heterocycles. The molecule has 2 fully saturated rings. The van der Waals surface area contributed by atoms with E-state index in [0.29, 0.717) is 10.9 Å². The molecule has 2 aliphatic rings. The Morgan fingerprint density at radius 3 is 2.61 bits per heavy atom. The highest BCUT2D eigenvalue weighted by Crippen LogP contribution is 2.44. The number of halogens is 1. The minimum Gasteiger partial charge on any atom is -0.389 e. The van der Waals surface area contributed by atoms with E-state index in [4.69, 9.17) is 16.3 Å². The lowest BCUT2D eigenvalue weighted by Crippen LogP contribution is -2.51. The molecule has 0 spiro atoms. The van der Waals surface area contributed by atoms with E-state index in [1.165, 1.54) is 12.8 Å². The Morgan fingerprint density at radius 2 is 2.04 bits per heavy atom. The standard InChI is InChI=1S/C18H24ClNO3/c19-15-6-4-14(5-7-15)18(8-1-9-18)17(22)20-10-16(21)12-23-11-13-2-3-13/h4-7,13,16,21H,1-3,8-12H2,(H,20,22). The summed E-state index contributed by atoms with van der Waals surface area (Å²) in [4.78, 5) is 12.6. The van der Waals surface area contributed by atoms with Gasteiger partial charge in [-0.05, 0) is 49.3 Å². The predicted molar refractivity (Wildman–Crippen MR) is 89.5 cm³/mol. The van der Waals surface area contributed by atoms with Crippen molar-refractivity contribution in [2.45, 2.75) is 43.6 Å². The Kier molecular flexibility index (Phi) is 5.24. The topological polar surface area (TPSA) is 58.6 Å². The normalized spacial score (nSPS) is 20.6. The fourth-order valence-corrected chi connectivity index (χ4v) is 3.17. The molecule has 1 atom stereocenters. The van der Waals surface area contributed by atoms with Crippen LogP contribution in [0, 0.1) is 5.92 Å². The first-order chi connectivity index (χ1) is 11.1. The van der Waals surface area contributed by atoms with Crippen molar-refractivity contribution in [1.29, 1.82) is 0 Å². The summed E-state index contributed by atoms with van der Waals surface area (Å²) >= 11 is 5.93. The summed E-state index contributed by atoms with van der Waals surface area (Å²) in [5.41, 5.74) is 0.546. The van der Waals surface area contributed by atoms with E-state index in [9.17, 15) is 9.90 Å². The summed E-state index contributed by atoms with van der Waals surface area (Å²) in [6.45, 7) is 1.24. The van der Waals surface area contributed by atoms with Crippen molar-refractivity contribution in [2.24, 2.45) is 5.92 Å². The Balaban J connectivity index is 1.50. The quantitative estimate of drug-likeness (QED) is 0.766. The number of aliphatic hydroxyl groups excluding tert-OH is 1. The van der Waals surface area contributed by atoms with E-state index in [-0.39, 0.29) is 19.1 Å². The number of carbonyl (C=O) groups excluding carboxylic acids is 1. The largest absolute Gasteiger partial charge is 0.389 e. The van der Waals surface area contributed by atoms with Gasteiger partial charge in [0.25, 0.3) is 0 Å². The maximum atomic E-state index is 12.6. The average molecular weight is 338 g/mol. The number of amides is 1.